The minimum absolute atomic E-state index is 0.249. The van der Waals surface area contributed by atoms with E-state index in [0.29, 0.717) is 30.5 Å². The predicted molar refractivity (Wildman–Crippen MR) is 123 cm³/mol. The van der Waals surface area contributed by atoms with E-state index in [-0.39, 0.29) is 23.2 Å². The Labute approximate surface area is 193 Å². The number of carbonyl (C=O) groups is 1. The van der Waals surface area contributed by atoms with Crippen molar-refractivity contribution in [3.8, 4) is 17.2 Å². The van der Waals surface area contributed by atoms with Crippen LogP contribution in [0.3, 0.4) is 0 Å². The highest BCUT2D eigenvalue weighted by atomic mass is 35.5. The second-order valence-corrected chi connectivity index (χ2v) is 9.70. The molecule has 1 amide bonds. The van der Waals surface area contributed by atoms with E-state index in [9.17, 15) is 13.2 Å². The molecule has 0 aromatic heterocycles. The van der Waals surface area contributed by atoms with Crippen LogP contribution in [0.2, 0.25) is 5.02 Å². The molecule has 2 aromatic carbocycles. The molecule has 0 aliphatic carbocycles. The lowest BCUT2D eigenvalue weighted by Gasteiger charge is -2.31. The van der Waals surface area contributed by atoms with Crippen molar-refractivity contribution >= 4 is 33.2 Å². The molecule has 1 aliphatic heterocycles. The number of amides is 1. The summed E-state index contributed by atoms with van der Waals surface area (Å²) in [5.41, 5.74) is 1.10. The van der Waals surface area contributed by atoms with Crippen molar-refractivity contribution in [2.24, 2.45) is 0 Å². The van der Waals surface area contributed by atoms with Gasteiger partial charge in [-0.2, -0.15) is 0 Å². The number of halogens is 1. The monoisotopic (exact) mass is 482 g/mol. The molecule has 0 bridgehead atoms. The number of rotatable bonds is 8. The Bertz CT molecular complexity index is 1090. The Morgan fingerprint density at radius 2 is 1.88 bits per heavy atom. The van der Waals surface area contributed by atoms with Gasteiger partial charge in [-0.1, -0.05) is 24.6 Å². The van der Waals surface area contributed by atoms with Crippen molar-refractivity contribution in [2.75, 3.05) is 30.9 Å². The Morgan fingerprint density at radius 3 is 2.47 bits per heavy atom. The summed E-state index contributed by atoms with van der Waals surface area (Å²) in [6.45, 7) is 4.53. The Hall–Kier alpha value is -2.65. The van der Waals surface area contributed by atoms with Gasteiger partial charge in [0, 0.05) is 0 Å². The maximum absolute atomic E-state index is 13.2. The molecule has 174 valence electrons. The van der Waals surface area contributed by atoms with Crippen LogP contribution in [0.15, 0.2) is 36.4 Å². The van der Waals surface area contributed by atoms with Crippen LogP contribution in [0.25, 0.3) is 0 Å². The Balaban J connectivity index is 1.85. The largest absolute Gasteiger partial charge is 0.495 e. The van der Waals surface area contributed by atoms with Crippen molar-refractivity contribution in [1.82, 2.24) is 5.32 Å². The lowest BCUT2D eigenvalue weighted by molar-refractivity contribution is -0.122. The molecule has 1 heterocycles. The molecule has 32 heavy (non-hydrogen) atoms. The molecule has 1 aliphatic rings. The van der Waals surface area contributed by atoms with Crippen LogP contribution in [0.5, 0.6) is 17.2 Å². The van der Waals surface area contributed by atoms with Crippen molar-refractivity contribution in [3.63, 3.8) is 0 Å². The van der Waals surface area contributed by atoms with E-state index in [0.717, 1.165) is 16.1 Å². The van der Waals surface area contributed by atoms with Gasteiger partial charge in [0.1, 0.15) is 25.0 Å². The summed E-state index contributed by atoms with van der Waals surface area (Å²) in [7, 11) is -2.32. The van der Waals surface area contributed by atoms with Crippen LogP contribution < -0.4 is 23.8 Å². The highest BCUT2D eigenvalue weighted by Crippen LogP contribution is 2.34. The minimum atomic E-state index is -3.79. The summed E-state index contributed by atoms with van der Waals surface area (Å²) >= 11 is 6.20. The molecule has 0 radical (unpaired) electrons. The van der Waals surface area contributed by atoms with Crippen molar-refractivity contribution in [2.45, 2.75) is 32.4 Å². The number of methoxy groups -OCH3 is 1. The predicted octanol–water partition coefficient (Wildman–Crippen LogP) is 3.54. The standard InChI is InChI=1S/C22H27ClN2O6S/c1-5-18(25(32(4,27)28)16-7-9-19(29-3)17(23)13-16)22(26)24-14(2)15-6-8-20-21(12-15)31-11-10-30-20/h6-9,12-14,18H,5,10-11H2,1-4H3,(H,24,26)/t14-,18-/m0/s1. The molecule has 10 heteroatoms. The molecular formula is C22H27ClN2O6S. The maximum Gasteiger partial charge on any atom is 0.244 e. The molecule has 0 unspecified atom stereocenters. The summed E-state index contributed by atoms with van der Waals surface area (Å²) in [6, 6.07) is 8.72. The van der Waals surface area contributed by atoms with Gasteiger partial charge >= 0.3 is 0 Å². The van der Waals surface area contributed by atoms with Gasteiger partial charge in [0.15, 0.2) is 11.5 Å². The molecule has 0 spiro atoms. The molecule has 0 saturated carbocycles. The molecule has 1 N–H and O–H groups in total. The van der Waals surface area contributed by atoms with Crippen LogP contribution in [-0.4, -0.2) is 46.9 Å². The third-order valence-corrected chi connectivity index (χ3v) is 6.62. The fourth-order valence-corrected chi connectivity index (χ4v) is 5.03. The Morgan fingerprint density at radius 1 is 1.19 bits per heavy atom. The number of anilines is 1. The topological polar surface area (TPSA) is 94.2 Å². The summed E-state index contributed by atoms with van der Waals surface area (Å²) in [6.07, 6.45) is 1.32. The minimum Gasteiger partial charge on any atom is -0.495 e. The highest BCUT2D eigenvalue weighted by molar-refractivity contribution is 7.92. The number of hydrogen-bond acceptors (Lipinski definition) is 6. The van der Waals surface area contributed by atoms with Crippen LogP contribution >= 0.6 is 11.6 Å². The molecule has 3 rings (SSSR count). The van der Waals surface area contributed by atoms with Gasteiger partial charge in [0.05, 0.1) is 30.1 Å². The zero-order chi connectivity index (χ0) is 23.5. The smallest absolute Gasteiger partial charge is 0.244 e. The summed E-state index contributed by atoms with van der Waals surface area (Å²) in [4.78, 5) is 13.2. The van der Waals surface area contributed by atoms with E-state index < -0.39 is 22.0 Å². The van der Waals surface area contributed by atoms with Gasteiger partial charge in [-0.25, -0.2) is 8.42 Å². The van der Waals surface area contributed by atoms with Crippen molar-refractivity contribution in [3.05, 3.63) is 47.0 Å². The highest BCUT2D eigenvalue weighted by Gasteiger charge is 2.32. The number of nitrogens with one attached hydrogen (secondary N) is 1. The average Bonchev–Trinajstić information content (AvgIpc) is 2.75. The molecule has 8 nitrogen and oxygen atoms in total. The number of ether oxygens (including phenoxy) is 3. The number of sulfonamides is 1. The van der Waals surface area contributed by atoms with Gasteiger partial charge in [0.2, 0.25) is 15.9 Å². The lowest BCUT2D eigenvalue weighted by atomic mass is 10.1. The third kappa shape index (κ3) is 5.21. The zero-order valence-corrected chi connectivity index (χ0v) is 20.0. The van der Waals surface area contributed by atoms with Crippen LogP contribution in [0.1, 0.15) is 31.9 Å². The Kier molecular flexibility index (Phi) is 7.40. The van der Waals surface area contributed by atoms with E-state index in [1.807, 2.05) is 19.1 Å². The summed E-state index contributed by atoms with van der Waals surface area (Å²) < 4.78 is 42.7. The quantitative estimate of drug-likeness (QED) is 0.618. The van der Waals surface area contributed by atoms with Crippen LogP contribution in [0, 0.1) is 0 Å². The van der Waals surface area contributed by atoms with E-state index >= 15 is 0 Å². The number of fused-ring (bicyclic) bond motifs is 1. The van der Waals surface area contributed by atoms with Gasteiger partial charge in [-0.15, -0.1) is 0 Å². The van der Waals surface area contributed by atoms with Gasteiger partial charge in [-0.05, 0) is 49.2 Å². The fourth-order valence-electron chi connectivity index (χ4n) is 3.57. The lowest BCUT2D eigenvalue weighted by Crippen LogP contribution is -2.49. The fraction of sp³-hybridized carbons (Fsp3) is 0.409. The first-order valence-corrected chi connectivity index (χ1v) is 12.4. The molecule has 0 fully saturated rings. The average molecular weight is 483 g/mol. The van der Waals surface area contributed by atoms with Gasteiger partial charge in [-0.3, -0.25) is 9.10 Å². The van der Waals surface area contributed by atoms with Gasteiger partial charge < -0.3 is 19.5 Å². The number of hydrogen-bond donors (Lipinski definition) is 1. The van der Waals surface area contributed by atoms with Crippen molar-refractivity contribution < 1.29 is 27.4 Å². The second-order valence-electron chi connectivity index (χ2n) is 7.44. The number of benzene rings is 2. The van der Waals surface area contributed by atoms with E-state index in [1.54, 1.807) is 25.1 Å². The van der Waals surface area contributed by atoms with E-state index in [1.165, 1.54) is 13.2 Å². The first-order chi connectivity index (χ1) is 15.2. The first kappa shape index (κ1) is 24.0. The summed E-state index contributed by atoms with van der Waals surface area (Å²) in [5.74, 6) is 1.26. The molecule has 2 aromatic rings. The molecule has 0 saturated heterocycles. The van der Waals surface area contributed by atoms with Crippen LogP contribution in [0.4, 0.5) is 5.69 Å². The molecular weight excluding hydrogens is 456 g/mol. The summed E-state index contributed by atoms with van der Waals surface area (Å²) in [5, 5.41) is 3.16. The van der Waals surface area contributed by atoms with Gasteiger partial charge in [0.25, 0.3) is 0 Å². The van der Waals surface area contributed by atoms with Crippen LogP contribution in [-0.2, 0) is 14.8 Å². The van der Waals surface area contributed by atoms with Crippen molar-refractivity contribution in [1.29, 1.82) is 0 Å². The zero-order valence-electron chi connectivity index (χ0n) is 18.4. The van der Waals surface area contributed by atoms with E-state index in [2.05, 4.69) is 5.32 Å². The molecule has 2 atom stereocenters. The SMILES string of the molecule is CC[C@@H](C(=O)N[C@@H](C)c1ccc2c(c1)OCCO2)N(c1ccc(OC)c(Cl)c1)S(C)(=O)=O. The maximum atomic E-state index is 13.2. The number of carbonyl (C=O) groups excluding carboxylic acids is 1. The number of nitrogens with zero attached hydrogens (tertiary/aromatic N) is 1. The normalized spacial score (nSPS) is 14.9. The first-order valence-electron chi connectivity index (χ1n) is 10.2. The van der Waals surface area contributed by atoms with E-state index in [4.69, 9.17) is 25.8 Å². The second kappa shape index (κ2) is 9.87. The third-order valence-electron chi connectivity index (χ3n) is 5.14.